The molecule has 2 amide bonds. The van der Waals surface area contributed by atoms with Gasteiger partial charge < -0.3 is 0 Å². The fourth-order valence-corrected chi connectivity index (χ4v) is 3.26. The van der Waals surface area contributed by atoms with E-state index in [4.69, 9.17) is 0 Å². The van der Waals surface area contributed by atoms with Crippen molar-refractivity contribution in [3.8, 4) is 5.69 Å². The second-order valence-electron chi connectivity index (χ2n) is 5.95. The van der Waals surface area contributed by atoms with Gasteiger partial charge in [-0.25, -0.2) is 19.5 Å². The molecule has 0 spiro atoms. The molecule has 0 saturated carbocycles. The number of hydrogen-bond donors (Lipinski definition) is 0. The van der Waals surface area contributed by atoms with Gasteiger partial charge in [0.25, 0.3) is 11.8 Å². The Kier molecular flexibility index (Phi) is 3.02. The fraction of sp³-hybridized carbons (Fsp3) is 0.0526. The Morgan fingerprint density at radius 3 is 2.15 bits per heavy atom. The molecular formula is C19H13N5O2. The molecule has 1 aromatic heterocycles. The summed E-state index contributed by atoms with van der Waals surface area (Å²) in [5, 5.41) is 4.36. The summed E-state index contributed by atoms with van der Waals surface area (Å²) in [5.41, 5.74) is 1.80. The first-order chi connectivity index (χ1) is 12.8. The molecule has 0 aliphatic carbocycles. The van der Waals surface area contributed by atoms with Gasteiger partial charge in [0.2, 0.25) is 5.96 Å². The highest BCUT2D eigenvalue weighted by Gasteiger charge is 2.44. The number of amides is 2. The molecule has 5 rings (SSSR count). The van der Waals surface area contributed by atoms with E-state index in [0.29, 0.717) is 23.0 Å². The predicted molar refractivity (Wildman–Crippen MR) is 96.6 cm³/mol. The lowest BCUT2D eigenvalue weighted by Gasteiger charge is -2.33. The van der Waals surface area contributed by atoms with Gasteiger partial charge in [0.05, 0.1) is 17.6 Å². The van der Waals surface area contributed by atoms with Crippen LogP contribution in [0.5, 0.6) is 0 Å². The summed E-state index contributed by atoms with van der Waals surface area (Å²) in [4.78, 5) is 33.0. The molecule has 0 N–H and O–H groups in total. The molecule has 0 bridgehead atoms. The number of carbonyl (C=O) groups is 2. The molecule has 0 saturated heterocycles. The summed E-state index contributed by atoms with van der Waals surface area (Å²) in [6.45, 7) is 0.00531. The van der Waals surface area contributed by atoms with Crippen LogP contribution in [0.2, 0.25) is 0 Å². The quantitative estimate of drug-likeness (QED) is 0.716. The second kappa shape index (κ2) is 5.38. The van der Waals surface area contributed by atoms with Crippen LogP contribution in [0.3, 0.4) is 0 Å². The summed E-state index contributed by atoms with van der Waals surface area (Å²) < 4.78 is 1.61. The van der Waals surface area contributed by atoms with Crippen molar-refractivity contribution in [3.63, 3.8) is 0 Å². The molecule has 0 radical (unpaired) electrons. The van der Waals surface area contributed by atoms with E-state index in [1.807, 2.05) is 60.7 Å². The van der Waals surface area contributed by atoms with Gasteiger partial charge in [0.1, 0.15) is 12.1 Å². The van der Waals surface area contributed by atoms with Crippen molar-refractivity contribution in [2.24, 2.45) is 4.99 Å². The van der Waals surface area contributed by atoms with Crippen LogP contribution in [0.25, 0.3) is 5.69 Å². The number of hydrogen-bond acceptors (Lipinski definition) is 4. The first-order valence-electron chi connectivity index (χ1n) is 8.16. The summed E-state index contributed by atoms with van der Waals surface area (Å²) in [7, 11) is 0. The van der Waals surface area contributed by atoms with Gasteiger partial charge in [0.15, 0.2) is 5.82 Å². The van der Waals surface area contributed by atoms with Gasteiger partial charge in [-0.05, 0) is 24.3 Å². The topological polar surface area (TPSA) is 70.8 Å². The van der Waals surface area contributed by atoms with Crippen molar-refractivity contribution < 1.29 is 9.59 Å². The van der Waals surface area contributed by atoms with Crippen molar-refractivity contribution >= 4 is 29.3 Å². The fourth-order valence-electron chi connectivity index (χ4n) is 3.26. The summed E-state index contributed by atoms with van der Waals surface area (Å²) >= 11 is 0. The van der Waals surface area contributed by atoms with E-state index in [0.717, 1.165) is 5.69 Å². The maximum absolute atomic E-state index is 13.2. The lowest BCUT2D eigenvalue weighted by Crippen LogP contribution is -2.52. The van der Waals surface area contributed by atoms with Crippen molar-refractivity contribution in [1.82, 2.24) is 9.78 Å². The Labute approximate surface area is 148 Å². The molecule has 2 aliphatic heterocycles. The van der Waals surface area contributed by atoms with E-state index in [9.17, 15) is 9.59 Å². The van der Waals surface area contributed by atoms with Crippen LogP contribution in [0.1, 0.15) is 10.4 Å². The lowest BCUT2D eigenvalue weighted by atomic mass is 10.2. The standard InChI is InChI=1S/C19H13N5O2/c25-16-12-20-19-22(13-7-3-1-4-8-13)18(26)15-11-21-24(17(15)23(16)19)14-9-5-2-6-10-14/h1-11H,12H2. The zero-order valence-corrected chi connectivity index (χ0v) is 13.6. The Morgan fingerprint density at radius 2 is 1.46 bits per heavy atom. The average Bonchev–Trinajstić information content (AvgIpc) is 3.28. The van der Waals surface area contributed by atoms with Crippen LogP contribution in [0, 0.1) is 0 Å². The molecule has 3 heterocycles. The molecule has 7 heteroatoms. The highest BCUT2D eigenvalue weighted by molar-refractivity contribution is 6.38. The number of aromatic nitrogens is 2. The first kappa shape index (κ1) is 14.6. The molecule has 2 aromatic carbocycles. The van der Waals surface area contributed by atoms with E-state index in [1.54, 1.807) is 4.68 Å². The molecule has 7 nitrogen and oxygen atoms in total. The number of para-hydroxylation sites is 2. The Bertz CT molecular complexity index is 1060. The van der Waals surface area contributed by atoms with E-state index in [-0.39, 0.29) is 18.4 Å². The smallest absolute Gasteiger partial charge is 0.270 e. The van der Waals surface area contributed by atoms with Gasteiger partial charge >= 0.3 is 0 Å². The van der Waals surface area contributed by atoms with Crippen LogP contribution in [-0.2, 0) is 4.79 Å². The van der Waals surface area contributed by atoms with Crippen LogP contribution in [0.4, 0.5) is 11.5 Å². The molecular weight excluding hydrogens is 330 g/mol. The van der Waals surface area contributed by atoms with Gasteiger partial charge in [-0.3, -0.25) is 9.59 Å². The normalized spacial score (nSPS) is 15.8. The minimum absolute atomic E-state index is 0.00531. The molecule has 26 heavy (non-hydrogen) atoms. The third-order valence-electron chi connectivity index (χ3n) is 4.41. The summed E-state index contributed by atoms with van der Waals surface area (Å²) in [5.74, 6) is 0.316. The highest BCUT2D eigenvalue weighted by Crippen LogP contribution is 2.35. The lowest BCUT2D eigenvalue weighted by molar-refractivity contribution is -0.115. The predicted octanol–water partition coefficient (Wildman–Crippen LogP) is 2.24. The van der Waals surface area contributed by atoms with Crippen molar-refractivity contribution in [1.29, 1.82) is 0 Å². The number of rotatable bonds is 2. The van der Waals surface area contributed by atoms with Crippen molar-refractivity contribution in [3.05, 3.63) is 72.4 Å². The van der Waals surface area contributed by atoms with E-state index < -0.39 is 0 Å². The Morgan fingerprint density at radius 1 is 0.808 bits per heavy atom. The average molecular weight is 343 g/mol. The highest BCUT2D eigenvalue weighted by atomic mass is 16.2. The number of anilines is 2. The molecule has 126 valence electrons. The first-order valence-corrected chi connectivity index (χ1v) is 8.16. The maximum atomic E-state index is 13.2. The molecule has 2 aliphatic rings. The number of nitrogens with zero attached hydrogens (tertiary/aromatic N) is 5. The number of guanidine groups is 1. The zero-order valence-electron chi connectivity index (χ0n) is 13.6. The van der Waals surface area contributed by atoms with Crippen molar-refractivity contribution in [2.45, 2.75) is 0 Å². The van der Waals surface area contributed by atoms with Crippen LogP contribution in [0.15, 0.2) is 71.9 Å². The monoisotopic (exact) mass is 343 g/mol. The maximum Gasteiger partial charge on any atom is 0.270 e. The number of fused-ring (bicyclic) bond motifs is 3. The minimum atomic E-state index is -0.252. The molecule has 3 aromatic rings. The van der Waals surface area contributed by atoms with Gasteiger partial charge in [-0.2, -0.15) is 5.10 Å². The molecule has 0 unspecified atom stereocenters. The Hall–Kier alpha value is -3.74. The van der Waals surface area contributed by atoms with E-state index in [2.05, 4.69) is 10.1 Å². The second-order valence-corrected chi connectivity index (χ2v) is 5.95. The van der Waals surface area contributed by atoms with Crippen molar-refractivity contribution in [2.75, 3.05) is 16.3 Å². The largest absolute Gasteiger partial charge is 0.272 e. The number of benzene rings is 2. The van der Waals surface area contributed by atoms with E-state index >= 15 is 0 Å². The van der Waals surface area contributed by atoms with Gasteiger partial charge in [-0.15, -0.1) is 0 Å². The molecule has 0 fully saturated rings. The van der Waals surface area contributed by atoms with E-state index in [1.165, 1.54) is 16.0 Å². The summed E-state index contributed by atoms with van der Waals surface area (Å²) in [6, 6.07) is 18.6. The SMILES string of the molecule is O=C1c2cnn(-c3ccccc3)c2N2C(=O)CN=C2N1c1ccccc1. The number of carbonyl (C=O) groups excluding carboxylic acids is 2. The Balaban J connectivity index is 1.73. The van der Waals surface area contributed by atoms with Crippen LogP contribution < -0.4 is 9.80 Å². The molecule has 0 atom stereocenters. The third-order valence-corrected chi connectivity index (χ3v) is 4.41. The van der Waals surface area contributed by atoms with Crippen LogP contribution >= 0.6 is 0 Å². The number of aliphatic imine (C=N–C) groups is 1. The zero-order chi connectivity index (χ0) is 17.7. The summed E-state index contributed by atoms with van der Waals surface area (Å²) in [6.07, 6.45) is 1.50. The minimum Gasteiger partial charge on any atom is -0.272 e. The van der Waals surface area contributed by atoms with Gasteiger partial charge in [-0.1, -0.05) is 36.4 Å². The van der Waals surface area contributed by atoms with Crippen LogP contribution in [-0.4, -0.2) is 34.1 Å². The third kappa shape index (κ3) is 1.94. The van der Waals surface area contributed by atoms with Gasteiger partial charge in [0, 0.05) is 0 Å².